The van der Waals surface area contributed by atoms with Crippen LogP contribution in [0.5, 0.6) is 0 Å². The lowest BCUT2D eigenvalue weighted by Gasteiger charge is -2.44. The molecule has 3 atom stereocenters. The van der Waals surface area contributed by atoms with Crippen LogP contribution in [0.2, 0.25) is 5.02 Å². The molecular weight excluding hydrogens is 277 g/mol. The zero-order chi connectivity index (χ0) is 14.8. The van der Waals surface area contributed by atoms with E-state index in [0.29, 0.717) is 16.5 Å². The second kappa shape index (κ2) is 6.42. The molecular formula is C16H23ClFNO. The second-order valence-corrected chi connectivity index (χ2v) is 6.29. The molecule has 0 heterocycles. The van der Waals surface area contributed by atoms with E-state index in [1.807, 2.05) is 7.05 Å². The molecule has 1 saturated carbocycles. The third-order valence-corrected chi connectivity index (χ3v) is 4.72. The van der Waals surface area contributed by atoms with Crippen molar-refractivity contribution < 1.29 is 9.13 Å². The van der Waals surface area contributed by atoms with Crippen molar-refractivity contribution in [2.45, 2.75) is 44.2 Å². The van der Waals surface area contributed by atoms with Gasteiger partial charge in [0.1, 0.15) is 5.82 Å². The third-order valence-electron chi connectivity index (χ3n) is 4.49. The Balaban J connectivity index is 2.38. The van der Waals surface area contributed by atoms with Gasteiger partial charge in [0.05, 0.1) is 11.6 Å². The molecule has 1 N–H and O–H groups in total. The van der Waals surface area contributed by atoms with Crippen LogP contribution < -0.4 is 5.32 Å². The van der Waals surface area contributed by atoms with Crippen molar-refractivity contribution >= 4 is 11.6 Å². The van der Waals surface area contributed by atoms with Crippen LogP contribution in [0.25, 0.3) is 0 Å². The van der Waals surface area contributed by atoms with Gasteiger partial charge in [0, 0.05) is 17.7 Å². The minimum Gasteiger partial charge on any atom is -0.376 e. The Kier molecular flexibility index (Phi) is 5.05. The highest BCUT2D eigenvalue weighted by Gasteiger charge is 2.43. The number of hydrogen-bond donors (Lipinski definition) is 1. The molecule has 4 heteroatoms. The van der Waals surface area contributed by atoms with E-state index in [4.69, 9.17) is 16.3 Å². The van der Waals surface area contributed by atoms with Crippen molar-refractivity contribution in [3.05, 3.63) is 34.6 Å². The van der Waals surface area contributed by atoms with Gasteiger partial charge in [-0.25, -0.2) is 4.39 Å². The van der Waals surface area contributed by atoms with Crippen LogP contribution in [0.15, 0.2) is 18.2 Å². The highest BCUT2D eigenvalue weighted by atomic mass is 35.5. The number of ether oxygens (including phenoxy) is 1. The van der Waals surface area contributed by atoms with E-state index in [0.717, 1.165) is 19.3 Å². The maximum Gasteiger partial charge on any atom is 0.129 e. The summed E-state index contributed by atoms with van der Waals surface area (Å²) in [4.78, 5) is 0. The summed E-state index contributed by atoms with van der Waals surface area (Å²) in [7, 11) is 3.59. The highest BCUT2D eigenvalue weighted by molar-refractivity contribution is 6.30. The van der Waals surface area contributed by atoms with Crippen molar-refractivity contribution in [1.29, 1.82) is 0 Å². The topological polar surface area (TPSA) is 21.3 Å². The number of nitrogens with one attached hydrogen (secondary N) is 1. The van der Waals surface area contributed by atoms with E-state index in [1.165, 1.54) is 12.5 Å². The number of likely N-dealkylation sites (N-methyl/N-ethyl adjacent to an activating group) is 1. The van der Waals surface area contributed by atoms with Crippen LogP contribution in [0.4, 0.5) is 4.39 Å². The van der Waals surface area contributed by atoms with Gasteiger partial charge in [0.2, 0.25) is 0 Å². The monoisotopic (exact) mass is 299 g/mol. The molecule has 1 fully saturated rings. The molecule has 0 aromatic heterocycles. The molecule has 0 bridgehead atoms. The Labute approximate surface area is 125 Å². The van der Waals surface area contributed by atoms with Crippen molar-refractivity contribution in [3.63, 3.8) is 0 Å². The van der Waals surface area contributed by atoms with Crippen molar-refractivity contribution in [1.82, 2.24) is 5.32 Å². The SMILES string of the molecule is CNC(c1ccc(Cl)cc1F)C1(OC)CCCC(C)C1. The van der Waals surface area contributed by atoms with Gasteiger partial charge in [0.25, 0.3) is 0 Å². The lowest BCUT2D eigenvalue weighted by molar-refractivity contribution is -0.0797. The summed E-state index contributed by atoms with van der Waals surface area (Å²) in [6.45, 7) is 2.23. The zero-order valence-corrected chi connectivity index (χ0v) is 13.1. The van der Waals surface area contributed by atoms with Gasteiger partial charge in [-0.2, -0.15) is 0 Å². The molecule has 0 amide bonds. The maximum absolute atomic E-state index is 14.3. The van der Waals surface area contributed by atoms with Gasteiger partial charge < -0.3 is 10.1 Å². The Hall–Kier alpha value is -0.640. The van der Waals surface area contributed by atoms with Crippen LogP contribution in [0.1, 0.15) is 44.2 Å². The first kappa shape index (κ1) is 15.7. The molecule has 1 aromatic rings. The van der Waals surface area contributed by atoms with E-state index in [2.05, 4.69) is 12.2 Å². The predicted octanol–water partition coefficient (Wildman–Crippen LogP) is 4.33. The molecule has 0 saturated heterocycles. The van der Waals surface area contributed by atoms with Crippen molar-refractivity contribution in [3.8, 4) is 0 Å². The second-order valence-electron chi connectivity index (χ2n) is 5.86. The molecule has 0 spiro atoms. The predicted molar refractivity (Wildman–Crippen MR) is 80.6 cm³/mol. The molecule has 20 heavy (non-hydrogen) atoms. The van der Waals surface area contributed by atoms with Crippen LogP contribution in [-0.2, 0) is 4.74 Å². The molecule has 3 unspecified atom stereocenters. The largest absolute Gasteiger partial charge is 0.376 e. The number of halogens is 2. The molecule has 1 aromatic carbocycles. The molecule has 0 aliphatic heterocycles. The molecule has 2 rings (SSSR count). The van der Waals surface area contributed by atoms with Gasteiger partial charge in [-0.1, -0.05) is 37.4 Å². The fourth-order valence-electron chi connectivity index (χ4n) is 3.55. The first-order valence-electron chi connectivity index (χ1n) is 7.20. The minimum absolute atomic E-state index is 0.160. The average Bonchev–Trinajstić information content (AvgIpc) is 2.42. The molecule has 112 valence electrons. The van der Waals surface area contributed by atoms with Gasteiger partial charge in [0.15, 0.2) is 0 Å². The van der Waals surface area contributed by atoms with E-state index in [-0.39, 0.29) is 17.5 Å². The fourth-order valence-corrected chi connectivity index (χ4v) is 3.71. The van der Waals surface area contributed by atoms with Crippen LogP contribution >= 0.6 is 11.6 Å². The summed E-state index contributed by atoms with van der Waals surface area (Å²) in [6.07, 6.45) is 4.21. The van der Waals surface area contributed by atoms with Gasteiger partial charge in [-0.15, -0.1) is 0 Å². The maximum atomic E-state index is 14.3. The van der Waals surface area contributed by atoms with Gasteiger partial charge >= 0.3 is 0 Å². The quantitative estimate of drug-likeness (QED) is 0.893. The Morgan fingerprint density at radius 3 is 2.80 bits per heavy atom. The lowest BCUT2D eigenvalue weighted by Crippen LogP contribution is -2.47. The van der Waals surface area contributed by atoms with Crippen molar-refractivity contribution in [2.75, 3.05) is 14.2 Å². The summed E-state index contributed by atoms with van der Waals surface area (Å²) in [5.74, 6) is 0.321. The summed E-state index contributed by atoms with van der Waals surface area (Å²) in [5, 5.41) is 3.67. The van der Waals surface area contributed by atoms with Crippen LogP contribution in [0, 0.1) is 11.7 Å². The molecule has 1 aliphatic rings. The smallest absolute Gasteiger partial charge is 0.129 e. The van der Waals surface area contributed by atoms with Gasteiger partial charge in [-0.3, -0.25) is 0 Å². The lowest BCUT2D eigenvalue weighted by atomic mass is 9.72. The third kappa shape index (κ3) is 3.00. The van der Waals surface area contributed by atoms with E-state index in [9.17, 15) is 4.39 Å². The minimum atomic E-state index is -0.346. The Bertz CT molecular complexity index is 468. The fraction of sp³-hybridized carbons (Fsp3) is 0.625. The van der Waals surface area contributed by atoms with Crippen molar-refractivity contribution in [2.24, 2.45) is 5.92 Å². The van der Waals surface area contributed by atoms with Gasteiger partial charge in [-0.05, 0) is 37.9 Å². The Morgan fingerprint density at radius 1 is 1.50 bits per heavy atom. The summed E-state index contributed by atoms with van der Waals surface area (Å²) < 4.78 is 20.1. The summed E-state index contributed by atoms with van der Waals surface area (Å²) in [5.41, 5.74) is 0.286. The number of hydrogen-bond acceptors (Lipinski definition) is 2. The zero-order valence-electron chi connectivity index (χ0n) is 12.4. The van der Waals surface area contributed by atoms with Crippen LogP contribution in [0.3, 0.4) is 0 Å². The highest BCUT2D eigenvalue weighted by Crippen LogP contribution is 2.43. The van der Waals surface area contributed by atoms with E-state index >= 15 is 0 Å². The first-order valence-corrected chi connectivity index (χ1v) is 7.57. The van der Waals surface area contributed by atoms with Crippen LogP contribution in [-0.4, -0.2) is 19.8 Å². The molecule has 0 radical (unpaired) electrons. The Morgan fingerprint density at radius 2 is 2.25 bits per heavy atom. The number of benzene rings is 1. The number of rotatable bonds is 4. The average molecular weight is 300 g/mol. The number of methoxy groups -OCH3 is 1. The van der Waals surface area contributed by atoms with E-state index in [1.54, 1.807) is 19.2 Å². The summed E-state index contributed by atoms with van der Waals surface area (Å²) in [6, 6.07) is 4.71. The first-order chi connectivity index (χ1) is 9.52. The molecule has 1 aliphatic carbocycles. The standard InChI is InChI=1S/C16H23ClFNO/c1-11-5-4-8-16(10-11,20-3)15(19-2)13-7-6-12(17)9-14(13)18/h6-7,9,11,15,19H,4-5,8,10H2,1-3H3. The van der Waals surface area contributed by atoms with E-state index < -0.39 is 0 Å². The normalized spacial score (nSPS) is 28.4. The molecule has 2 nitrogen and oxygen atoms in total. The summed E-state index contributed by atoms with van der Waals surface area (Å²) >= 11 is 5.85.